The van der Waals surface area contributed by atoms with E-state index in [9.17, 15) is 5.11 Å². The predicted octanol–water partition coefficient (Wildman–Crippen LogP) is 2.54. The van der Waals surface area contributed by atoms with E-state index in [0.717, 1.165) is 22.8 Å². The van der Waals surface area contributed by atoms with E-state index >= 15 is 0 Å². The summed E-state index contributed by atoms with van der Waals surface area (Å²) in [6.07, 6.45) is 0. The van der Waals surface area contributed by atoms with E-state index in [0.29, 0.717) is 5.02 Å². The first kappa shape index (κ1) is 11.2. The normalized spacial score (nSPS) is 10.8. The largest absolute Gasteiger partial charge is 0.390 e. The van der Waals surface area contributed by atoms with Crippen molar-refractivity contribution in [3.63, 3.8) is 0 Å². The van der Waals surface area contributed by atoms with Gasteiger partial charge in [0.2, 0.25) is 0 Å². The van der Waals surface area contributed by atoms with Gasteiger partial charge in [0, 0.05) is 12.6 Å². The maximum Gasteiger partial charge on any atom is 0.141 e. The molecular weight excluding hydrogens is 224 g/mol. The number of rotatable bonds is 2. The van der Waals surface area contributed by atoms with E-state index in [4.69, 9.17) is 11.6 Å². The first-order valence-electron chi connectivity index (χ1n) is 5.03. The second-order valence-electron chi connectivity index (χ2n) is 3.66. The Balaban J connectivity index is 2.62. The zero-order chi connectivity index (χ0) is 11.7. The summed E-state index contributed by atoms with van der Waals surface area (Å²) < 4.78 is 1.87. The molecule has 0 spiro atoms. The van der Waals surface area contributed by atoms with Crippen LogP contribution in [-0.4, -0.2) is 14.7 Å². The van der Waals surface area contributed by atoms with Crippen LogP contribution >= 0.6 is 11.6 Å². The van der Waals surface area contributed by atoms with Gasteiger partial charge in [-0.05, 0) is 19.1 Å². The lowest BCUT2D eigenvalue weighted by molar-refractivity contribution is 0.272. The topological polar surface area (TPSA) is 38.0 Å². The van der Waals surface area contributed by atoms with Crippen molar-refractivity contribution in [1.82, 2.24) is 9.55 Å². The standard InChI is InChI=1S/C12H13ClN2O/c1-8-11(7-16)15(2)12(14-8)9-5-3-4-6-10(9)13/h3-6,16H,7H2,1-2H3. The SMILES string of the molecule is Cc1nc(-c2ccccc2Cl)n(C)c1CO. The lowest BCUT2D eigenvalue weighted by atomic mass is 10.2. The van der Waals surface area contributed by atoms with E-state index in [1.807, 2.05) is 42.8 Å². The summed E-state index contributed by atoms with van der Waals surface area (Å²) in [4.78, 5) is 4.43. The third kappa shape index (κ3) is 1.72. The fourth-order valence-corrected chi connectivity index (χ4v) is 1.99. The molecule has 1 N–H and O–H groups in total. The van der Waals surface area contributed by atoms with Crippen LogP contribution in [0, 0.1) is 6.92 Å². The molecule has 2 aromatic rings. The van der Waals surface area contributed by atoms with Crippen molar-refractivity contribution in [2.45, 2.75) is 13.5 Å². The second kappa shape index (κ2) is 4.28. The molecular formula is C12H13ClN2O. The molecule has 1 aromatic heterocycles. The fourth-order valence-electron chi connectivity index (χ4n) is 1.77. The molecule has 2 rings (SSSR count). The molecule has 0 bridgehead atoms. The van der Waals surface area contributed by atoms with Gasteiger partial charge in [0.1, 0.15) is 5.82 Å². The van der Waals surface area contributed by atoms with Crippen molar-refractivity contribution in [3.05, 3.63) is 40.7 Å². The first-order valence-corrected chi connectivity index (χ1v) is 5.41. The molecule has 0 aliphatic rings. The molecule has 16 heavy (non-hydrogen) atoms. The van der Waals surface area contributed by atoms with Crippen LogP contribution in [0.15, 0.2) is 24.3 Å². The summed E-state index contributed by atoms with van der Waals surface area (Å²) >= 11 is 6.12. The van der Waals surface area contributed by atoms with Crippen LogP contribution in [0.25, 0.3) is 11.4 Å². The van der Waals surface area contributed by atoms with Gasteiger partial charge < -0.3 is 9.67 Å². The summed E-state index contributed by atoms with van der Waals surface area (Å²) in [6, 6.07) is 7.56. The van der Waals surface area contributed by atoms with Gasteiger partial charge in [0.15, 0.2) is 0 Å². The number of aliphatic hydroxyl groups excluding tert-OH is 1. The number of aryl methyl sites for hydroxylation is 1. The van der Waals surface area contributed by atoms with Crippen LogP contribution in [0.1, 0.15) is 11.4 Å². The Morgan fingerprint density at radius 3 is 2.62 bits per heavy atom. The maximum absolute atomic E-state index is 9.23. The number of hydrogen-bond donors (Lipinski definition) is 1. The Bertz CT molecular complexity index is 520. The Morgan fingerprint density at radius 1 is 1.38 bits per heavy atom. The number of hydrogen-bond acceptors (Lipinski definition) is 2. The smallest absolute Gasteiger partial charge is 0.141 e. The molecule has 0 saturated carbocycles. The molecule has 3 nitrogen and oxygen atoms in total. The number of nitrogens with zero attached hydrogens (tertiary/aromatic N) is 2. The van der Waals surface area contributed by atoms with E-state index in [-0.39, 0.29) is 6.61 Å². The molecule has 0 atom stereocenters. The van der Waals surface area contributed by atoms with Crippen LogP contribution in [0.3, 0.4) is 0 Å². The summed E-state index contributed by atoms with van der Waals surface area (Å²) in [5.74, 6) is 0.784. The summed E-state index contributed by atoms with van der Waals surface area (Å²) in [5.41, 5.74) is 2.53. The minimum absolute atomic E-state index is 0.0141. The van der Waals surface area contributed by atoms with Crippen molar-refractivity contribution in [3.8, 4) is 11.4 Å². The van der Waals surface area contributed by atoms with Gasteiger partial charge in [-0.2, -0.15) is 0 Å². The van der Waals surface area contributed by atoms with Crippen LogP contribution < -0.4 is 0 Å². The number of benzene rings is 1. The van der Waals surface area contributed by atoms with Gasteiger partial charge in [0.05, 0.1) is 23.0 Å². The Kier molecular flexibility index (Phi) is 2.99. The van der Waals surface area contributed by atoms with Crippen molar-refractivity contribution < 1.29 is 5.11 Å². The lowest BCUT2D eigenvalue weighted by Gasteiger charge is -2.05. The van der Waals surface area contributed by atoms with Crippen molar-refractivity contribution in [2.24, 2.45) is 7.05 Å². The van der Waals surface area contributed by atoms with Crippen LogP contribution in [-0.2, 0) is 13.7 Å². The van der Waals surface area contributed by atoms with Crippen LogP contribution in [0.4, 0.5) is 0 Å². The predicted molar refractivity (Wildman–Crippen MR) is 64.3 cm³/mol. The van der Waals surface area contributed by atoms with Gasteiger partial charge in [-0.25, -0.2) is 4.98 Å². The number of halogens is 1. The van der Waals surface area contributed by atoms with Gasteiger partial charge in [-0.15, -0.1) is 0 Å². The maximum atomic E-state index is 9.23. The average molecular weight is 237 g/mol. The van der Waals surface area contributed by atoms with Crippen LogP contribution in [0.5, 0.6) is 0 Å². The highest BCUT2D eigenvalue weighted by Gasteiger charge is 2.13. The highest BCUT2D eigenvalue weighted by molar-refractivity contribution is 6.33. The van der Waals surface area contributed by atoms with Crippen LogP contribution in [0.2, 0.25) is 5.02 Å². The first-order chi connectivity index (χ1) is 7.65. The molecule has 0 fully saturated rings. The number of aliphatic hydroxyl groups is 1. The molecule has 0 aliphatic heterocycles. The molecule has 1 heterocycles. The summed E-state index contributed by atoms with van der Waals surface area (Å²) in [6.45, 7) is 1.87. The third-order valence-electron chi connectivity index (χ3n) is 2.68. The second-order valence-corrected chi connectivity index (χ2v) is 4.07. The van der Waals surface area contributed by atoms with Gasteiger partial charge >= 0.3 is 0 Å². The highest BCUT2D eigenvalue weighted by Crippen LogP contribution is 2.27. The number of imidazole rings is 1. The molecule has 1 aromatic carbocycles. The summed E-state index contributed by atoms with van der Waals surface area (Å²) in [5, 5.41) is 9.90. The number of aromatic nitrogens is 2. The summed E-state index contributed by atoms with van der Waals surface area (Å²) in [7, 11) is 1.88. The molecule has 0 amide bonds. The van der Waals surface area contributed by atoms with Crippen molar-refractivity contribution in [2.75, 3.05) is 0 Å². The molecule has 84 valence electrons. The monoisotopic (exact) mass is 236 g/mol. The Morgan fingerprint density at radius 2 is 2.06 bits per heavy atom. The van der Waals surface area contributed by atoms with Crippen molar-refractivity contribution >= 4 is 11.6 Å². The molecule has 0 radical (unpaired) electrons. The van der Waals surface area contributed by atoms with Gasteiger partial charge in [0.25, 0.3) is 0 Å². The lowest BCUT2D eigenvalue weighted by Crippen LogP contribution is -1.99. The van der Waals surface area contributed by atoms with Crippen molar-refractivity contribution in [1.29, 1.82) is 0 Å². The van der Waals surface area contributed by atoms with Gasteiger partial charge in [-0.1, -0.05) is 23.7 Å². The van der Waals surface area contributed by atoms with E-state index in [1.165, 1.54) is 0 Å². The Labute approximate surface area is 99.3 Å². The average Bonchev–Trinajstić information content (AvgIpc) is 2.55. The Hall–Kier alpha value is -1.32. The quantitative estimate of drug-likeness (QED) is 0.870. The third-order valence-corrected chi connectivity index (χ3v) is 3.01. The van der Waals surface area contributed by atoms with E-state index < -0.39 is 0 Å². The minimum atomic E-state index is -0.0141. The highest BCUT2D eigenvalue weighted by atomic mass is 35.5. The zero-order valence-corrected chi connectivity index (χ0v) is 9.99. The van der Waals surface area contributed by atoms with Gasteiger partial charge in [-0.3, -0.25) is 0 Å². The minimum Gasteiger partial charge on any atom is -0.390 e. The van der Waals surface area contributed by atoms with E-state index in [2.05, 4.69) is 4.98 Å². The van der Waals surface area contributed by atoms with E-state index in [1.54, 1.807) is 0 Å². The molecule has 0 unspecified atom stereocenters. The molecule has 4 heteroatoms. The fraction of sp³-hybridized carbons (Fsp3) is 0.250. The molecule has 0 aliphatic carbocycles. The zero-order valence-electron chi connectivity index (χ0n) is 9.24. The molecule has 0 saturated heterocycles.